The van der Waals surface area contributed by atoms with Crippen molar-refractivity contribution in [2.45, 2.75) is 89.6 Å². The molecule has 3 rings (SSSR count). The first-order valence-corrected chi connectivity index (χ1v) is 12.5. The molecule has 1 aliphatic rings. The van der Waals surface area contributed by atoms with Crippen LogP contribution in [0.3, 0.4) is 0 Å². The summed E-state index contributed by atoms with van der Waals surface area (Å²) in [4.78, 5) is 2.59. The van der Waals surface area contributed by atoms with E-state index in [1.54, 1.807) is 6.07 Å². The number of hydrogen-bond donors (Lipinski definition) is 0. The molecule has 2 atom stereocenters. The summed E-state index contributed by atoms with van der Waals surface area (Å²) in [5.74, 6) is 0.0255. The van der Waals surface area contributed by atoms with Crippen molar-refractivity contribution in [2.75, 3.05) is 6.54 Å². The largest absolute Gasteiger partial charge is 0.298 e. The molecular formula is C29H39FN2. The molecular weight excluding hydrogens is 395 g/mol. The molecule has 0 radical (unpaired) electrons. The molecule has 0 bridgehead atoms. The Labute approximate surface area is 194 Å². The maximum Gasteiger partial charge on any atom is 0.128 e. The van der Waals surface area contributed by atoms with Crippen LogP contribution >= 0.6 is 0 Å². The summed E-state index contributed by atoms with van der Waals surface area (Å²) in [6, 6.07) is 21.1. The minimum atomic E-state index is -0.725. The Morgan fingerprint density at radius 2 is 1.72 bits per heavy atom. The number of halogens is 1. The van der Waals surface area contributed by atoms with Gasteiger partial charge in [-0.05, 0) is 69.9 Å². The second kappa shape index (κ2) is 11.6. The van der Waals surface area contributed by atoms with Crippen molar-refractivity contribution >= 4 is 0 Å². The maximum absolute atomic E-state index is 15.0. The SMILES string of the molecule is CCC(CCC(C#N)(c1ccccc1F)C1CCCC1)N(CCc1ccccc1)C(C)C. The van der Waals surface area contributed by atoms with Crippen molar-refractivity contribution in [3.8, 4) is 6.07 Å². The third-order valence-electron chi connectivity index (χ3n) is 7.58. The molecule has 0 aromatic heterocycles. The van der Waals surface area contributed by atoms with Gasteiger partial charge in [0, 0.05) is 24.2 Å². The topological polar surface area (TPSA) is 27.0 Å². The average Bonchev–Trinajstić information content (AvgIpc) is 3.35. The monoisotopic (exact) mass is 434 g/mol. The van der Waals surface area contributed by atoms with E-state index in [9.17, 15) is 9.65 Å². The first-order valence-electron chi connectivity index (χ1n) is 12.5. The van der Waals surface area contributed by atoms with Gasteiger partial charge >= 0.3 is 0 Å². The van der Waals surface area contributed by atoms with Crippen molar-refractivity contribution in [3.63, 3.8) is 0 Å². The molecule has 2 aromatic carbocycles. The van der Waals surface area contributed by atoms with Crippen LogP contribution < -0.4 is 0 Å². The van der Waals surface area contributed by atoms with Crippen LogP contribution in [0.4, 0.5) is 4.39 Å². The zero-order valence-corrected chi connectivity index (χ0v) is 20.1. The zero-order chi connectivity index (χ0) is 23.0. The number of hydrogen-bond acceptors (Lipinski definition) is 2. The molecule has 0 saturated heterocycles. The van der Waals surface area contributed by atoms with Crippen LogP contribution in [0.1, 0.15) is 76.8 Å². The van der Waals surface area contributed by atoms with E-state index in [4.69, 9.17) is 0 Å². The van der Waals surface area contributed by atoms with Crippen molar-refractivity contribution in [2.24, 2.45) is 5.92 Å². The average molecular weight is 435 g/mol. The first-order chi connectivity index (χ1) is 15.5. The Hall–Kier alpha value is -2.18. The molecule has 2 unspecified atom stereocenters. The first kappa shape index (κ1) is 24.5. The Kier molecular flexibility index (Phi) is 8.88. The molecule has 0 amide bonds. The Morgan fingerprint density at radius 3 is 2.31 bits per heavy atom. The van der Waals surface area contributed by atoms with Crippen LogP contribution in [0.15, 0.2) is 54.6 Å². The molecule has 0 aliphatic heterocycles. The van der Waals surface area contributed by atoms with E-state index in [1.807, 2.05) is 12.1 Å². The number of rotatable bonds is 11. The summed E-state index contributed by atoms with van der Waals surface area (Å²) in [6.07, 6.45) is 8.06. The van der Waals surface area contributed by atoms with Gasteiger partial charge in [-0.2, -0.15) is 5.26 Å². The van der Waals surface area contributed by atoms with Gasteiger partial charge < -0.3 is 0 Å². The van der Waals surface area contributed by atoms with Gasteiger partial charge in [-0.3, -0.25) is 4.90 Å². The van der Waals surface area contributed by atoms with Gasteiger partial charge in [0.05, 0.1) is 11.5 Å². The fraction of sp³-hybridized carbons (Fsp3) is 0.552. The van der Waals surface area contributed by atoms with Gasteiger partial charge in [0.15, 0.2) is 0 Å². The summed E-state index contributed by atoms with van der Waals surface area (Å²) in [5.41, 5.74) is 1.25. The molecule has 32 heavy (non-hydrogen) atoms. The van der Waals surface area contributed by atoms with Crippen molar-refractivity contribution in [1.82, 2.24) is 4.90 Å². The van der Waals surface area contributed by atoms with E-state index in [-0.39, 0.29) is 11.7 Å². The number of benzene rings is 2. The molecule has 2 nitrogen and oxygen atoms in total. The predicted octanol–water partition coefficient (Wildman–Crippen LogP) is 7.29. The highest BCUT2D eigenvalue weighted by Gasteiger charge is 2.44. The van der Waals surface area contributed by atoms with E-state index >= 15 is 0 Å². The van der Waals surface area contributed by atoms with E-state index in [1.165, 1.54) is 11.6 Å². The van der Waals surface area contributed by atoms with Gasteiger partial charge in [-0.25, -0.2) is 4.39 Å². The highest BCUT2D eigenvalue weighted by Crippen LogP contribution is 2.46. The summed E-state index contributed by atoms with van der Waals surface area (Å²) in [7, 11) is 0. The molecule has 0 heterocycles. The fourth-order valence-corrected chi connectivity index (χ4v) is 5.77. The smallest absolute Gasteiger partial charge is 0.128 e. The summed E-state index contributed by atoms with van der Waals surface area (Å²) >= 11 is 0. The minimum absolute atomic E-state index is 0.223. The molecule has 1 saturated carbocycles. The zero-order valence-electron chi connectivity index (χ0n) is 20.1. The van der Waals surface area contributed by atoms with E-state index in [0.717, 1.165) is 57.9 Å². The van der Waals surface area contributed by atoms with Gasteiger partial charge in [0.1, 0.15) is 5.82 Å². The maximum atomic E-state index is 15.0. The lowest BCUT2D eigenvalue weighted by Crippen LogP contribution is -2.43. The molecule has 0 N–H and O–H groups in total. The second-order valence-corrected chi connectivity index (χ2v) is 9.71. The highest BCUT2D eigenvalue weighted by molar-refractivity contribution is 5.35. The molecule has 3 heteroatoms. The van der Waals surface area contributed by atoms with E-state index in [2.05, 4.69) is 62.1 Å². The van der Waals surface area contributed by atoms with E-state index in [0.29, 0.717) is 17.6 Å². The van der Waals surface area contributed by atoms with Crippen LogP contribution in [0.5, 0.6) is 0 Å². The fourth-order valence-electron chi connectivity index (χ4n) is 5.77. The van der Waals surface area contributed by atoms with Gasteiger partial charge in [0.2, 0.25) is 0 Å². The Balaban J connectivity index is 1.80. The number of nitrogens with zero attached hydrogens (tertiary/aromatic N) is 2. The summed E-state index contributed by atoms with van der Waals surface area (Å²) in [6.45, 7) is 7.77. The predicted molar refractivity (Wildman–Crippen MR) is 131 cm³/mol. The third-order valence-corrected chi connectivity index (χ3v) is 7.58. The Bertz CT molecular complexity index is 866. The highest BCUT2D eigenvalue weighted by atomic mass is 19.1. The Morgan fingerprint density at radius 1 is 1.06 bits per heavy atom. The summed E-state index contributed by atoms with van der Waals surface area (Å²) < 4.78 is 15.0. The van der Waals surface area contributed by atoms with Crippen LogP contribution in [-0.2, 0) is 11.8 Å². The third kappa shape index (κ3) is 5.59. The lowest BCUT2D eigenvalue weighted by Gasteiger charge is -2.39. The van der Waals surface area contributed by atoms with Gasteiger partial charge in [-0.1, -0.05) is 68.3 Å². The molecule has 0 spiro atoms. The minimum Gasteiger partial charge on any atom is -0.298 e. The normalized spacial score (nSPS) is 17.4. The lowest BCUT2D eigenvalue weighted by atomic mass is 9.67. The van der Waals surface area contributed by atoms with Crippen LogP contribution in [0, 0.1) is 23.1 Å². The lowest BCUT2D eigenvalue weighted by molar-refractivity contribution is 0.131. The second-order valence-electron chi connectivity index (χ2n) is 9.71. The van der Waals surface area contributed by atoms with Gasteiger partial charge in [-0.15, -0.1) is 0 Å². The van der Waals surface area contributed by atoms with Crippen molar-refractivity contribution in [1.29, 1.82) is 5.26 Å². The molecule has 1 fully saturated rings. The van der Waals surface area contributed by atoms with E-state index < -0.39 is 5.41 Å². The number of nitriles is 1. The standard InChI is InChI=1S/C29H39FN2/c1-4-26(32(23(2)3)21-19-24-12-6-5-7-13-24)18-20-29(22-31,25-14-8-9-15-25)27-16-10-11-17-28(27)30/h5-7,10-13,16-17,23,25-26H,4,8-9,14-15,18-21H2,1-3H3. The van der Waals surface area contributed by atoms with Crippen molar-refractivity contribution in [3.05, 3.63) is 71.5 Å². The van der Waals surface area contributed by atoms with Gasteiger partial charge in [0.25, 0.3) is 0 Å². The quantitative estimate of drug-likeness (QED) is 0.371. The molecule has 172 valence electrons. The summed E-state index contributed by atoms with van der Waals surface area (Å²) in [5, 5.41) is 10.5. The van der Waals surface area contributed by atoms with Crippen LogP contribution in [0.2, 0.25) is 0 Å². The molecule has 2 aromatic rings. The van der Waals surface area contributed by atoms with Crippen LogP contribution in [-0.4, -0.2) is 23.5 Å². The molecule has 1 aliphatic carbocycles. The van der Waals surface area contributed by atoms with Crippen LogP contribution in [0.25, 0.3) is 0 Å². The van der Waals surface area contributed by atoms with Crippen molar-refractivity contribution < 1.29 is 4.39 Å².